The van der Waals surface area contributed by atoms with E-state index < -0.39 is 0 Å². The number of benzene rings is 1. The Morgan fingerprint density at radius 3 is 2.55 bits per heavy atom. The average molecular weight is 468 g/mol. The molecular weight excluding hydrogens is 445 g/mol. The quantitative estimate of drug-likeness (QED) is 0.468. The van der Waals surface area contributed by atoms with Crippen LogP contribution in [0.15, 0.2) is 18.2 Å². The predicted octanol–water partition coefficient (Wildman–Crippen LogP) is 2.98. The average Bonchev–Trinajstić information content (AvgIpc) is 3.39. The van der Waals surface area contributed by atoms with Crippen LogP contribution in [-0.2, 0) is 0 Å². The maximum atomic E-state index is 14.4. The number of methoxy groups -OCH3 is 2. The van der Waals surface area contributed by atoms with Gasteiger partial charge in [-0.2, -0.15) is 9.97 Å². The SMILES string of the molecule is COc1nc(N2CC3CCC(C2)N3)c2nc(OC)c(-c3ccc(F)c4sc(N)nc34)cc2n1. The van der Waals surface area contributed by atoms with Gasteiger partial charge in [0.15, 0.2) is 10.9 Å². The van der Waals surface area contributed by atoms with Crippen molar-refractivity contribution >= 4 is 43.5 Å². The molecule has 0 spiro atoms. The van der Waals surface area contributed by atoms with Crippen molar-refractivity contribution in [2.24, 2.45) is 0 Å². The van der Waals surface area contributed by atoms with E-state index in [0.717, 1.165) is 43.1 Å². The molecule has 2 aliphatic rings. The molecule has 0 amide bonds. The van der Waals surface area contributed by atoms with Crippen molar-refractivity contribution in [3.05, 3.63) is 24.0 Å². The number of nitrogens with two attached hydrogens (primary N) is 1. The highest BCUT2D eigenvalue weighted by Gasteiger charge is 2.34. The number of fused-ring (bicyclic) bond motifs is 4. The Balaban J connectivity index is 1.56. The Hall–Kier alpha value is -3.31. The molecular formula is C22H22FN7O2S. The lowest BCUT2D eigenvalue weighted by molar-refractivity contribution is 0.380. The Morgan fingerprint density at radius 2 is 1.82 bits per heavy atom. The summed E-state index contributed by atoms with van der Waals surface area (Å²) in [6.07, 6.45) is 2.30. The number of nitrogens with zero attached hydrogens (tertiary/aromatic N) is 5. The molecule has 0 radical (unpaired) electrons. The van der Waals surface area contributed by atoms with E-state index in [9.17, 15) is 4.39 Å². The minimum absolute atomic E-state index is 0.267. The number of pyridine rings is 1. The van der Waals surface area contributed by atoms with Crippen molar-refractivity contribution < 1.29 is 13.9 Å². The van der Waals surface area contributed by atoms with Crippen LogP contribution in [0.1, 0.15) is 12.8 Å². The zero-order chi connectivity index (χ0) is 22.7. The molecule has 9 nitrogen and oxygen atoms in total. The fourth-order valence-electron chi connectivity index (χ4n) is 4.85. The lowest BCUT2D eigenvalue weighted by Crippen LogP contribution is -2.51. The van der Waals surface area contributed by atoms with E-state index in [1.54, 1.807) is 20.3 Å². The normalized spacial score (nSPS) is 20.0. The molecule has 33 heavy (non-hydrogen) atoms. The molecule has 0 saturated carbocycles. The molecule has 2 aliphatic heterocycles. The van der Waals surface area contributed by atoms with Crippen LogP contribution in [0.3, 0.4) is 0 Å². The van der Waals surface area contributed by atoms with Crippen LogP contribution in [-0.4, -0.2) is 59.3 Å². The first kappa shape index (κ1) is 20.3. The molecule has 3 aromatic heterocycles. The van der Waals surface area contributed by atoms with Crippen LogP contribution in [0.2, 0.25) is 0 Å². The van der Waals surface area contributed by atoms with Crippen LogP contribution in [0.25, 0.3) is 32.4 Å². The third kappa shape index (κ3) is 3.30. The lowest BCUT2D eigenvalue weighted by atomic mass is 10.0. The standard InChI is InChI=1S/C22H22FN7O2S/c1-31-20-13(12-5-6-14(23)18-16(12)28-21(24)33-18)7-15-17(27-20)19(29-22(26-15)32-2)30-8-10-3-4-11(9-30)25-10/h5-7,10-11,25H,3-4,8-9H2,1-2H3,(H2,24,28). The van der Waals surface area contributed by atoms with Gasteiger partial charge in [0.1, 0.15) is 11.3 Å². The molecule has 2 bridgehead atoms. The van der Waals surface area contributed by atoms with Gasteiger partial charge in [-0.1, -0.05) is 11.3 Å². The number of nitrogen functional groups attached to an aromatic ring is 1. The summed E-state index contributed by atoms with van der Waals surface area (Å²) >= 11 is 1.11. The van der Waals surface area contributed by atoms with E-state index in [4.69, 9.17) is 20.2 Å². The van der Waals surface area contributed by atoms with Gasteiger partial charge in [0.05, 0.1) is 30.0 Å². The Bertz CT molecular complexity index is 1380. The fourth-order valence-corrected chi connectivity index (χ4v) is 5.61. The van der Waals surface area contributed by atoms with Gasteiger partial charge >= 0.3 is 6.01 Å². The van der Waals surface area contributed by atoms with Crippen molar-refractivity contribution in [2.75, 3.05) is 37.9 Å². The van der Waals surface area contributed by atoms with Crippen LogP contribution in [0, 0.1) is 5.82 Å². The second kappa shape index (κ2) is 7.63. The number of rotatable bonds is 4. The summed E-state index contributed by atoms with van der Waals surface area (Å²) in [5, 5.41) is 3.93. The number of ether oxygens (including phenoxy) is 2. The number of hydrogen-bond donors (Lipinski definition) is 2. The molecule has 0 aliphatic carbocycles. The Kier molecular flexibility index (Phi) is 4.70. The topological polar surface area (TPSA) is 111 Å². The highest BCUT2D eigenvalue weighted by atomic mass is 32.1. The number of anilines is 2. The third-order valence-corrected chi connectivity index (χ3v) is 7.18. The smallest absolute Gasteiger partial charge is 0.318 e. The van der Waals surface area contributed by atoms with E-state index in [1.165, 1.54) is 6.07 Å². The van der Waals surface area contributed by atoms with E-state index in [2.05, 4.69) is 25.2 Å². The van der Waals surface area contributed by atoms with E-state index in [1.807, 2.05) is 6.07 Å². The number of piperazine rings is 1. The maximum Gasteiger partial charge on any atom is 0.318 e. The van der Waals surface area contributed by atoms with Gasteiger partial charge in [0.2, 0.25) is 5.88 Å². The first-order valence-electron chi connectivity index (χ1n) is 10.7. The number of halogens is 1. The van der Waals surface area contributed by atoms with Gasteiger partial charge in [-0.25, -0.2) is 14.4 Å². The van der Waals surface area contributed by atoms with Gasteiger partial charge in [0, 0.05) is 36.3 Å². The monoisotopic (exact) mass is 467 g/mol. The molecule has 2 fully saturated rings. The number of thiazole rings is 1. The summed E-state index contributed by atoms with van der Waals surface area (Å²) in [7, 11) is 3.11. The highest BCUT2D eigenvalue weighted by molar-refractivity contribution is 7.22. The van der Waals surface area contributed by atoms with Crippen LogP contribution in [0.5, 0.6) is 11.9 Å². The maximum absolute atomic E-state index is 14.4. The lowest BCUT2D eigenvalue weighted by Gasteiger charge is -2.34. The Labute approximate surface area is 192 Å². The first-order valence-corrected chi connectivity index (χ1v) is 11.5. The van der Waals surface area contributed by atoms with Crippen LogP contribution in [0.4, 0.5) is 15.3 Å². The molecule has 1 aromatic carbocycles. The van der Waals surface area contributed by atoms with Crippen molar-refractivity contribution in [3.8, 4) is 23.0 Å². The molecule has 170 valence electrons. The summed E-state index contributed by atoms with van der Waals surface area (Å²) in [6.45, 7) is 1.68. The van der Waals surface area contributed by atoms with E-state index >= 15 is 0 Å². The van der Waals surface area contributed by atoms with Gasteiger partial charge in [-0.15, -0.1) is 0 Å². The largest absolute Gasteiger partial charge is 0.481 e. The first-order chi connectivity index (χ1) is 16.0. The summed E-state index contributed by atoms with van der Waals surface area (Å²) in [5.41, 5.74) is 8.91. The Morgan fingerprint density at radius 1 is 1.03 bits per heavy atom. The molecule has 3 N–H and O–H groups in total. The number of aromatic nitrogens is 4. The summed E-state index contributed by atoms with van der Waals surface area (Å²) in [6, 6.07) is 6.07. The van der Waals surface area contributed by atoms with Gasteiger partial charge in [-0.05, 0) is 31.0 Å². The predicted molar refractivity (Wildman–Crippen MR) is 126 cm³/mol. The van der Waals surface area contributed by atoms with Crippen molar-refractivity contribution in [1.29, 1.82) is 0 Å². The molecule has 6 rings (SSSR count). The van der Waals surface area contributed by atoms with Crippen LogP contribution >= 0.6 is 11.3 Å². The van der Waals surface area contributed by atoms with Gasteiger partial charge in [0.25, 0.3) is 0 Å². The van der Waals surface area contributed by atoms with E-state index in [0.29, 0.717) is 55.5 Å². The van der Waals surface area contributed by atoms with Crippen molar-refractivity contribution in [1.82, 2.24) is 25.3 Å². The molecule has 2 atom stereocenters. The molecule has 4 aromatic rings. The minimum atomic E-state index is -0.365. The molecule has 11 heteroatoms. The third-order valence-electron chi connectivity index (χ3n) is 6.29. The van der Waals surface area contributed by atoms with Gasteiger partial charge in [-0.3, -0.25) is 0 Å². The summed E-state index contributed by atoms with van der Waals surface area (Å²) in [4.78, 5) is 20.6. The highest BCUT2D eigenvalue weighted by Crippen LogP contribution is 2.40. The summed E-state index contributed by atoms with van der Waals surface area (Å²) in [5.74, 6) is 0.743. The zero-order valence-electron chi connectivity index (χ0n) is 18.1. The van der Waals surface area contributed by atoms with Gasteiger partial charge < -0.3 is 25.4 Å². The minimum Gasteiger partial charge on any atom is -0.481 e. The van der Waals surface area contributed by atoms with Crippen molar-refractivity contribution in [3.63, 3.8) is 0 Å². The summed E-state index contributed by atoms with van der Waals surface area (Å²) < 4.78 is 25.9. The molecule has 2 saturated heterocycles. The number of nitrogens with one attached hydrogen (secondary N) is 1. The fraction of sp³-hybridized carbons (Fsp3) is 0.364. The molecule has 5 heterocycles. The second-order valence-electron chi connectivity index (χ2n) is 8.31. The van der Waals surface area contributed by atoms with Crippen molar-refractivity contribution in [2.45, 2.75) is 24.9 Å². The zero-order valence-corrected chi connectivity index (χ0v) is 18.9. The van der Waals surface area contributed by atoms with E-state index in [-0.39, 0.29) is 11.8 Å². The second-order valence-corrected chi connectivity index (χ2v) is 9.35. The molecule has 2 unspecified atom stereocenters. The van der Waals surface area contributed by atoms with Crippen LogP contribution < -0.4 is 25.4 Å². The number of hydrogen-bond acceptors (Lipinski definition) is 10.